The number of amides is 2. The highest BCUT2D eigenvalue weighted by Crippen LogP contribution is 2.23. The largest absolute Gasteiger partial charge is 0.348 e. The van der Waals surface area contributed by atoms with Crippen LogP contribution >= 0.6 is 23.2 Å². The SMILES string of the molecule is O=C(NCc1cccc(CNC(=O)c2ccc([N+](=O)[O-])cc2Cl)c1)c1ccc([N+](=O)[O-])cc1Cl. The Kier molecular flexibility index (Phi) is 7.77. The van der Waals surface area contributed by atoms with E-state index in [1.165, 1.54) is 24.3 Å². The summed E-state index contributed by atoms with van der Waals surface area (Å²) in [6.07, 6.45) is 0. The zero-order chi connectivity index (χ0) is 24.8. The van der Waals surface area contributed by atoms with Crippen molar-refractivity contribution in [2.24, 2.45) is 0 Å². The molecule has 10 nitrogen and oxygen atoms in total. The molecular weight excluding hydrogens is 487 g/mol. The second kappa shape index (κ2) is 10.7. The first kappa shape index (κ1) is 24.6. The monoisotopic (exact) mass is 502 g/mol. The van der Waals surface area contributed by atoms with Crippen molar-refractivity contribution in [1.82, 2.24) is 10.6 Å². The van der Waals surface area contributed by atoms with Crippen LogP contribution in [0.1, 0.15) is 31.8 Å². The van der Waals surface area contributed by atoms with Crippen LogP contribution in [-0.4, -0.2) is 21.7 Å². The van der Waals surface area contributed by atoms with E-state index in [0.717, 1.165) is 23.3 Å². The lowest BCUT2D eigenvalue weighted by atomic mass is 10.1. The van der Waals surface area contributed by atoms with Gasteiger partial charge >= 0.3 is 0 Å². The van der Waals surface area contributed by atoms with Gasteiger partial charge < -0.3 is 10.6 Å². The summed E-state index contributed by atoms with van der Waals surface area (Å²) < 4.78 is 0. The molecule has 2 amide bonds. The van der Waals surface area contributed by atoms with Crippen LogP contribution in [0.15, 0.2) is 60.7 Å². The fourth-order valence-corrected chi connectivity index (χ4v) is 3.53. The van der Waals surface area contributed by atoms with E-state index >= 15 is 0 Å². The van der Waals surface area contributed by atoms with Gasteiger partial charge in [0.2, 0.25) is 0 Å². The fraction of sp³-hybridized carbons (Fsp3) is 0.0909. The molecule has 0 saturated carbocycles. The van der Waals surface area contributed by atoms with Crippen molar-refractivity contribution in [3.8, 4) is 0 Å². The van der Waals surface area contributed by atoms with E-state index in [2.05, 4.69) is 10.6 Å². The number of non-ortho nitro benzene ring substituents is 2. The summed E-state index contributed by atoms with van der Waals surface area (Å²) in [7, 11) is 0. The molecule has 0 unspecified atom stereocenters. The first-order valence-corrected chi connectivity index (χ1v) is 10.4. The number of nitro groups is 2. The van der Waals surface area contributed by atoms with Gasteiger partial charge in [-0.1, -0.05) is 47.5 Å². The zero-order valence-electron chi connectivity index (χ0n) is 17.3. The van der Waals surface area contributed by atoms with Crippen LogP contribution in [0.25, 0.3) is 0 Å². The predicted molar refractivity (Wildman–Crippen MR) is 125 cm³/mol. The average molecular weight is 503 g/mol. The minimum absolute atomic E-state index is 0.0342. The van der Waals surface area contributed by atoms with Gasteiger partial charge in [0.25, 0.3) is 23.2 Å². The molecule has 174 valence electrons. The van der Waals surface area contributed by atoms with Crippen LogP contribution in [0.5, 0.6) is 0 Å². The van der Waals surface area contributed by atoms with Crippen molar-refractivity contribution in [1.29, 1.82) is 0 Å². The fourth-order valence-electron chi connectivity index (χ4n) is 3.01. The van der Waals surface area contributed by atoms with Gasteiger partial charge in [-0.3, -0.25) is 29.8 Å². The van der Waals surface area contributed by atoms with Crippen molar-refractivity contribution in [2.75, 3.05) is 0 Å². The molecule has 0 atom stereocenters. The number of hydrogen-bond acceptors (Lipinski definition) is 6. The predicted octanol–water partition coefficient (Wildman–Crippen LogP) is 4.67. The highest BCUT2D eigenvalue weighted by molar-refractivity contribution is 6.34. The number of rotatable bonds is 8. The number of benzene rings is 3. The van der Waals surface area contributed by atoms with Crippen LogP contribution in [-0.2, 0) is 13.1 Å². The molecule has 0 spiro atoms. The Labute approximate surface area is 202 Å². The maximum Gasteiger partial charge on any atom is 0.270 e. The summed E-state index contributed by atoms with van der Waals surface area (Å²) in [6.45, 7) is 0.310. The zero-order valence-corrected chi connectivity index (χ0v) is 18.8. The molecule has 0 aliphatic carbocycles. The third kappa shape index (κ3) is 6.06. The first-order valence-electron chi connectivity index (χ1n) is 9.68. The highest BCUT2D eigenvalue weighted by atomic mass is 35.5. The molecule has 0 aromatic heterocycles. The summed E-state index contributed by atoms with van der Waals surface area (Å²) in [6, 6.07) is 14.2. The number of carbonyl (C=O) groups is 2. The normalized spacial score (nSPS) is 10.4. The van der Waals surface area contributed by atoms with E-state index in [-0.39, 0.29) is 45.6 Å². The minimum Gasteiger partial charge on any atom is -0.348 e. The third-order valence-electron chi connectivity index (χ3n) is 4.71. The Morgan fingerprint density at radius 3 is 1.47 bits per heavy atom. The summed E-state index contributed by atoms with van der Waals surface area (Å²) >= 11 is 12.0. The van der Waals surface area contributed by atoms with E-state index < -0.39 is 21.7 Å². The summed E-state index contributed by atoms with van der Waals surface area (Å²) in [5, 5.41) is 26.9. The maximum absolute atomic E-state index is 12.4. The third-order valence-corrected chi connectivity index (χ3v) is 5.34. The van der Waals surface area contributed by atoms with Crippen molar-refractivity contribution in [3.05, 3.63) is 113 Å². The van der Waals surface area contributed by atoms with Gasteiger partial charge in [0.15, 0.2) is 0 Å². The van der Waals surface area contributed by atoms with Crippen LogP contribution in [0, 0.1) is 20.2 Å². The summed E-state index contributed by atoms with van der Waals surface area (Å²) in [5.74, 6) is -0.988. The second-order valence-corrected chi connectivity index (χ2v) is 7.84. The maximum atomic E-state index is 12.4. The van der Waals surface area contributed by atoms with Gasteiger partial charge in [-0.25, -0.2) is 0 Å². The smallest absolute Gasteiger partial charge is 0.270 e. The van der Waals surface area contributed by atoms with Crippen molar-refractivity contribution >= 4 is 46.4 Å². The number of halogens is 2. The van der Waals surface area contributed by atoms with Gasteiger partial charge in [0.05, 0.1) is 31.0 Å². The molecule has 0 bridgehead atoms. The molecule has 0 heterocycles. The van der Waals surface area contributed by atoms with E-state index in [1.807, 2.05) is 0 Å². The lowest BCUT2D eigenvalue weighted by Crippen LogP contribution is -2.24. The molecule has 0 radical (unpaired) electrons. The summed E-state index contributed by atoms with van der Waals surface area (Å²) in [4.78, 5) is 45.2. The summed E-state index contributed by atoms with van der Waals surface area (Å²) in [5.41, 5.74) is 1.27. The molecule has 0 aliphatic heterocycles. The van der Waals surface area contributed by atoms with Crippen molar-refractivity contribution in [2.45, 2.75) is 13.1 Å². The van der Waals surface area contributed by atoms with E-state index in [4.69, 9.17) is 23.2 Å². The molecule has 3 rings (SSSR count). The Morgan fingerprint density at radius 1 is 0.706 bits per heavy atom. The quantitative estimate of drug-likeness (QED) is 0.338. The van der Waals surface area contributed by atoms with Gasteiger partial charge in [-0.15, -0.1) is 0 Å². The van der Waals surface area contributed by atoms with Gasteiger partial charge in [0.1, 0.15) is 0 Å². The topological polar surface area (TPSA) is 144 Å². The molecule has 34 heavy (non-hydrogen) atoms. The van der Waals surface area contributed by atoms with Crippen molar-refractivity contribution < 1.29 is 19.4 Å². The molecule has 3 aromatic rings. The molecule has 2 N–H and O–H groups in total. The van der Waals surface area contributed by atoms with E-state index in [0.29, 0.717) is 0 Å². The average Bonchev–Trinajstić information content (AvgIpc) is 2.81. The van der Waals surface area contributed by atoms with Gasteiger partial charge in [0, 0.05) is 37.4 Å². The first-order chi connectivity index (χ1) is 16.2. The molecule has 0 aliphatic rings. The van der Waals surface area contributed by atoms with Gasteiger partial charge in [-0.05, 0) is 23.3 Å². The molecule has 12 heteroatoms. The van der Waals surface area contributed by atoms with Crippen LogP contribution in [0.3, 0.4) is 0 Å². The molecule has 3 aromatic carbocycles. The van der Waals surface area contributed by atoms with Crippen LogP contribution in [0.4, 0.5) is 11.4 Å². The molecular formula is C22H16Cl2N4O6. The van der Waals surface area contributed by atoms with Crippen LogP contribution in [0.2, 0.25) is 10.0 Å². The molecule has 0 saturated heterocycles. The lowest BCUT2D eigenvalue weighted by molar-refractivity contribution is -0.385. The Hall–Kier alpha value is -4.02. The minimum atomic E-state index is -0.604. The molecule has 0 fully saturated rings. The van der Waals surface area contributed by atoms with Crippen LogP contribution < -0.4 is 10.6 Å². The Bertz CT molecular complexity index is 1200. The number of nitrogens with zero attached hydrogens (tertiary/aromatic N) is 2. The lowest BCUT2D eigenvalue weighted by Gasteiger charge is -2.10. The number of nitrogens with one attached hydrogen (secondary N) is 2. The highest BCUT2D eigenvalue weighted by Gasteiger charge is 2.16. The number of nitro benzene ring substituents is 2. The number of hydrogen-bond donors (Lipinski definition) is 2. The van der Waals surface area contributed by atoms with Gasteiger partial charge in [-0.2, -0.15) is 0 Å². The Balaban J connectivity index is 1.60. The number of carbonyl (C=O) groups excluding carboxylic acids is 2. The van der Waals surface area contributed by atoms with E-state index in [9.17, 15) is 29.8 Å². The second-order valence-electron chi connectivity index (χ2n) is 7.03. The standard InChI is InChI=1S/C22H16Cl2N4O6/c23-19-9-15(27(31)32)4-6-17(19)21(29)25-11-13-2-1-3-14(8-13)12-26-22(30)18-7-5-16(28(33)34)10-20(18)24/h1-10H,11-12H2,(H,25,29)(H,26,30). The van der Waals surface area contributed by atoms with E-state index in [1.54, 1.807) is 24.3 Å². The van der Waals surface area contributed by atoms with Crippen molar-refractivity contribution in [3.63, 3.8) is 0 Å². The Morgan fingerprint density at radius 2 is 1.12 bits per heavy atom.